The standard InChI is InChI=1S/C118H213NO17Si9/c1-34-101-108-87-97(126-116-115(136-145(59-26,60-27)61-28)112(114(96(32)125-116)135-144(56-23,57-24)58-25)119-117(121)123-92-106-104-82-76-74-80-102(104)103-81-75-77-83-105(103)106)79-73-71-69-67-65-63-62-64-66-68-70-72-78-93(29)113(134-143(53-20,54-21)55-22)94(30)95(31)124-111(120)89-99(129-138(38-5,39-6)40-7)86-98(128-137(35-2,36-3)37-4)84-85-107(131-140(44-11,45-12)46-13)109(132-141(47-14,48-15)49-16)88-100(130-139(41-8,42-9)43-10)90-118(122-33,127-108)91-110(101)133-142(50-17,51-18)52-19/h34,62-83,93-101,106-110,112-116H,1,35-61,84-92H2,2-33H3,(H,119,121)/t93-,94-,95-,96+,97-,98+,99+,100-,101-,107+,108-,109+,110-,112-,113+,114+,115-,116-,118+/m0/s1. The van der Waals surface area contributed by atoms with Crippen LogP contribution in [0.4, 0.5) is 4.79 Å². The van der Waals surface area contributed by atoms with Crippen LogP contribution in [0, 0.1) is 17.8 Å². The van der Waals surface area contributed by atoms with Gasteiger partial charge in [-0.05, 0) is 231 Å². The monoisotopic (exact) mass is 2170 g/mol. The fraction of sp³-hybridized carbons (Fsp3) is 0.746. The molecule has 3 heterocycles. The molecular formula is C118H213NO17Si9. The Balaban J connectivity index is 1.73. The topological polar surface area (TPSA) is 185 Å². The maximum atomic E-state index is 15.6. The van der Waals surface area contributed by atoms with Crippen LogP contribution in [0.5, 0.6) is 0 Å². The lowest BCUT2D eigenvalue weighted by atomic mass is 9.82. The molecule has 27 heteroatoms. The van der Waals surface area contributed by atoms with Crippen LogP contribution in [0.15, 0.2) is 146 Å². The zero-order valence-electron chi connectivity index (χ0n) is 97.9. The van der Waals surface area contributed by atoms with E-state index in [1.54, 1.807) is 0 Å². The first-order chi connectivity index (χ1) is 69.5. The number of carbonyl (C=O) groups is 2. The van der Waals surface area contributed by atoms with Gasteiger partial charge in [0.25, 0.3) is 0 Å². The number of allylic oxidation sites excluding steroid dienone is 12. The summed E-state index contributed by atoms with van der Waals surface area (Å²) in [6.45, 7) is 76.2. The molecule has 18 nitrogen and oxygen atoms in total. The first-order valence-corrected chi connectivity index (χ1v) is 81.6. The average molecular weight is 2170 g/mol. The van der Waals surface area contributed by atoms with Crippen LogP contribution < -0.4 is 5.32 Å². The molecule has 4 aliphatic rings. The van der Waals surface area contributed by atoms with Gasteiger partial charge in [-0.3, -0.25) is 4.79 Å². The van der Waals surface area contributed by atoms with Crippen molar-refractivity contribution in [3.8, 4) is 11.1 Å². The SMILES string of the molecule is C=C[C@H]1[C@@H]2C[C@@H](O[C@@H]3O[C@H](C)[C@@H](O[Si](CC)(CC)CC)[C@H](NC(=O)OCC4c5ccccc5-c5ccccc54)[C@@H]3O[Si](CC)(CC)CC)C=CC=CC=CC=CC=CC=CC=C[C@H](C)[C@@H](O[Si](CC)(CC)CC)[C@@H](C)[C@H](C)OC(=O)C[C@H](O[Si](CC)(CC)CC)C[C@H](O[Si](CC)(CC)CC)CC[C@@H](O[Si](CC)(CC)CC)[C@H](O[Si](CC)(CC)CC)C[C@H](O[Si](CC)(CC)CC)C[C@](OC)(C[C@@H]1O[Si](CC)(CC)CC)O2. The predicted octanol–water partition coefficient (Wildman–Crippen LogP) is 33.3. The van der Waals surface area contributed by atoms with Crippen molar-refractivity contribution in [1.82, 2.24) is 5.32 Å². The molecule has 145 heavy (non-hydrogen) atoms. The largest absolute Gasteiger partial charge is 0.462 e. The summed E-state index contributed by atoms with van der Waals surface area (Å²) in [4.78, 5) is 31.1. The van der Waals surface area contributed by atoms with Crippen molar-refractivity contribution in [2.24, 2.45) is 17.8 Å². The van der Waals surface area contributed by atoms with Crippen LogP contribution in [-0.4, -0.2) is 198 Å². The van der Waals surface area contributed by atoms with Crippen molar-refractivity contribution in [2.75, 3.05) is 13.7 Å². The van der Waals surface area contributed by atoms with Gasteiger partial charge in [0.05, 0.1) is 73.5 Å². The second-order valence-electron chi connectivity index (χ2n) is 43.1. The number of hydrogen-bond donors (Lipinski definition) is 1. The highest BCUT2D eigenvalue weighted by Gasteiger charge is 2.57. The molecule has 1 amide bonds. The molecule has 3 aliphatic heterocycles. The summed E-state index contributed by atoms with van der Waals surface area (Å²) in [5, 5.41) is 3.56. The van der Waals surface area contributed by atoms with Crippen molar-refractivity contribution in [2.45, 2.75) is 533 Å². The summed E-state index contributed by atoms with van der Waals surface area (Å²) in [7, 11) is -20.3. The van der Waals surface area contributed by atoms with Gasteiger partial charge in [-0.15, -0.1) is 6.58 Å². The molecule has 19 atom stereocenters. The first-order valence-electron chi connectivity index (χ1n) is 58.8. The van der Waals surface area contributed by atoms with Crippen LogP contribution in [0.25, 0.3) is 11.1 Å². The third-order valence-corrected chi connectivity index (χ3v) is 78.8. The van der Waals surface area contributed by atoms with Gasteiger partial charge in [-0.2, -0.15) is 0 Å². The van der Waals surface area contributed by atoms with E-state index in [0.29, 0.717) is 44.9 Å². The number of carbonyl (C=O) groups excluding carboxylic acids is 2. The molecular weight excluding hydrogens is 1960 g/mol. The summed E-state index contributed by atoms with van der Waals surface area (Å²) < 4.78 is 117. The summed E-state index contributed by atoms with van der Waals surface area (Å²) in [6.07, 6.45) is 27.1. The minimum Gasteiger partial charge on any atom is -0.462 e. The minimum absolute atomic E-state index is 0.0189. The number of benzene rings is 2. The molecule has 0 saturated carbocycles. The highest BCUT2D eigenvalue weighted by Crippen LogP contribution is 2.50. The van der Waals surface area contributed by atoms with E-state index in [0.717, 1.165) is 185 Å². The number of esters is 1. The van der Waals surface area contributed by atoms with Gasteiger partial charge >= 0.3 is 12.1 Å². The molecule has 2 aromatic rings. The number of ether oxygens (including phenoxy) is 6. The van der Waals surface area contributed by atoms with Gasteiger partial charge in [0, 0.05) is 50.2 Å². The normalized spacial score (nSPS) is 26.8. The second-order valence-corrected chi connectivity index (χ2v) is 85.6. The van der Waals surface area contributed by atoms with Crippen molar-refractivity contribution >= 4 is 86.9 Å². The van der Waals surface area contributed by atoms with Crippen molar-refractivity contribution in [3.05, 3.63) is 157 Å². The summed E-state index contributed by atoms with van der Waals surface area (Å²) in [5.41, 5.74) is 4.60. The number of methoxy groups -OCH3 is 1. The smallest absolute Gasteiger partial charge is 0.407 e. The Labute approximate surface area is 896 Å². The lowest BCUT2D eigenvalue weighted by Gasteiger charge is -2.52. The van der Waals surface area contributed by atoms with Gasteiger partial charge in [0.1, 0.15) is 18.8 Å². The van der Waals surface area contributed by atoms with Gasteiger partial charge in [0.15, 0.2) is 86.9 Å². The molecule has 1 N–H and O–H groups in total. The van der Waals surface area contributed by atoms with Gasteiger partial charge < -0.3 is 73.6 Å². The van der Waals surface area contributed by atoms with E-state index in [1.165, 1.54) is 0 Å². The number of fused-ring (bicyclic) bond motifs is 5. The Kier molecular flexibility index (Phi) is 57.6. The molecule has 2 saturated heterocycles. The second kappa shape index (κ2) is 64.1. The van der Waals surface area contributed by atoms with E-state index in [4.69, 9.17) is 74.8 Å². The fourth-order valence-electron chi connectivity index (χ4n) is 24.0. The zero-order valence-corrected chi connectivity index (χ0v) is 107. The lowest BCUT2D eigenvalue weighted by molar-refractivity contribution is -0.312. The quantitative estimate of drug-likeness (QED) is 0.0374. The fourth-order valence-corrected chi connectivity index (χ4v) is 50.1. The van der Waals surface area contributed by atoms with E-state index >= 15 is 9.59 Å². The van der Waals surface area contributed by atoms with Crippen molar-refractivity contribution in [3.63, 3.8) is 0 Å². The van der Waals surface area contributed by atoms with Crippen LogP contribution in [0.2, 0.25) is 163 Å². The minimum atomic E-state index is -2.66. The number of rotatable bonds is 52. The number of alkyl carbamates (subject to hydrolysis) is 1. The van der Waals surface area contributed by atoms with Crippen LogP contribution in [-0.2, 0) is 73.0 Å². The van der Waals surface area contributed by atoms with Crippen molar-refractivity contribution < 1.29 is 77.8 Å². The molecule has 0 aromatic heterocycles. The van der Waals surface area contributed by atoms with Gasteiger partial charge in [-0.25, -0.2) is 4.79 Å². The average Bonchev–Trinajstić information content (AvgIpc) is 1.69. The maximum absolute atomic E-state index is 15.6. The summed E-state index contributed by atoms with van der Waals surface area (Å²) >= 11 is 0. The Hall–Kier alpha value is -3.47. The number of hydrogen-bond acceptors (Lipinski definition) is 17. The molecule has 0 spiro atoms. The Morgan fingerprint density at radius 3 is 1.19 bits per heavy atom. The molecule has 1 aliphatic carbocycles. The zero-order chi connectivity index (χ0) is 107. The third-order valence-electron chi connectivity index (χ3n) is 36.8. The van der Waals surface area contributed by atoms with Gasteiger partial charge in [-0.1, -0.05) is 340 Å². The van der Waals surface area contributed by atoms with E-state index in [9.17, 15) is 0 Å². The Bertz CT molecular complexity index is 4110. The van der Waals surface area contributed by atoms with Crippen molar-refractivity contribution in [1.29, 1.82) is 0 Å². The number of cyclic esters (lactones) is 1. The Morgan fingerprint density at radius 2 is 0.766 bits per heavy atom. The number of nitrogens with one attached hydrogen (secondary N) is 1. The number of amides is 1. The van der Waals surface area contributed by atoms with Crippen LogP contribution in [0.1, 0.15) is 283 Å². The van der Waals surface area contributed by atoms with E-state index < -0.39 is 154 Å². The van der Waals surface area contributed by atoms with E-state index in [-0.39, 0.29) is 67.1 Å². The molecule has 2 fully saturated rings. The summed E-state index contributed by atoms with van der Waals surface area (Å²) in [6, 6.07) is 41.4. The molecule has 828 valence electrons. The molecule has 2 bridgehead atoms. The molecule has 6 rings (SSSR count). The molecule has 0 unspecified atom stereocenters. The molecule has 0 radical (unpaired) electrons. The van der Waals surface area contributed by atoms with E-state index in [1.807, 2.05) is 37.5 Å². The Morgan fingerprint density at radius 1 is 0.400 bits per heavy atom. The predicted molar refractivity (Wildman–Crippen MR) is 633 cm³/mol. The summed E-state index contributed by atoms with van der Waals surface area (Å²) in [5.74, 6) is -2.12. The van der Waals surface area contributed by atoms with Crippen LogP contribution in [0.3, 0.4) is 0 Å². The van der Waals surface area contributed by atoms with Gasteiger partial charge in [0.2, 0.25) is 0 Å². The highest BCUT2D eigenvalue weighted by atomic mass is 28.4. The van der Waals surface area contributed by atoms with Crippen LogP contribution >= 0.6 is 0 Å². The molecule has 2 aromatic carbocycles. The third kappa shape index (κ3) is 35.5. The first kappa shape index (κ1) is 130. The maximum Gasteiger partial charge on any atom is 0.407 e. The van der Waals surface area contributed by atoms with E-state index in [2.05, 4.69) is 329 Å². The highest BCUT2D eigenvalue weighted by molar-refractivity contribution is 6.77. The lowest BCUT2D eigenvalue weighted by Crippen LogP contribution is -2.69.